The normalized spacial score (nSPS) is 24.0. The standard InChI is InChI=1S/C13H22N4O/c1-4-6-16-8-10(9(3)15-16)13-11(14)7-12(18)17(13)5-2/h8,11,13H,4-7,14H2,1-3H3/t11-,13+/m1/s1. The third kappa shape index (κ3) is 2.14. The summed E-state index contributed by atoms with van der Waals surface area (Å²) in [6, 6.07) is -0.122. The van der Waals surface area contributed by atoms with Gasteiger partial charge in [0.2, 0.25) is 5.91 Å². The van der Waals surface area contributed by atoms with Gasteiger partial charge in [0.05, 0.1) is 11.7 Å². The first-order valence-corrected chi connectivity index (χ1v) is 6.67. The van der Waals surface area contributed by atoms with Crippen molar-refractivity contribution < 1.29 is 4.79 Å². The van der Waals surface area contributed by atoms with E-state index >= 15 is 0 Å². The monoisotopic (exact) mass is 250 g/mol. The third-order valence-electron chi connectivity index (χ3n) is 3.57. The van der Waals surface area contributed by atoms with E-state index < -0.39 is 0 Å². The van der Waals surface area contributed by atoms with Crippen molar-refractivity contribution in [1.82, 2.24) is 14.7 Å². The van der Waals surface area contributed by atoms with Gasteiger partial charge in [-0.2, -0.15) is 5.10 Å². The van der Waals surface area contributed by atoms with Crippen LogP contribution < -0.4 is 5.73 Å². The molecule has 5 heteroatoms. The summed E-state index contributed by atoms with van der Waals surface area (Å²) >= 11 is 0. The van der Waals surface area contributed by atoms with Gasteiger partial charge in [0.25, 0.3) is 0 Å². The summed E-state index contributed by atoms with van der Waals surface area (Å²) in [6.07, 6.45) is 3.54. The molecule has 0 unspecified atom stereocenters. The third-order valence-corrected chi connectivity index (χ3v) is 3.57. The number of carbonyl (C=O) groups is 1. The Morgan fingerprint density at radius 1 is 1.50 bits per heavy atom. The SMILES string of the molecule is CCCn1cc([C@H]2[C@H](N)CC(=O)N2CC)c(C)n1. The summed E-state index contributed by atoms with van der Waals surface area (Å²) in [5.41, 5.74) is 8.20. The number of carbonyl (C=O) groups excluding carboxylic acids is 1. The fraction of sp³-hybridized carbons (Fsp3) is 0.692. The van der Waals surface area contributed by atoms with E-state index in [1.54, 1.807) is 0 Å². The van der Waals surface area contributed by atoms with E-state index in [0.717, 1.165) is 24.2 Å². The lowest BCUT2D eigenvalue weighted by Gasteiger charge is -2.25. The van der Waals surface area contributed by atoms with E-state index in [1.165, 1.54) is 0 Å². The van der Waals surface area contributed by atoms with Crippen molar-refractivity contribution in [2.75, 3.05) is 6.54 Å². The maximum atomic E-state index is 11.9. The molecule has 2 atom stereocenters. The van der Waals surface area contributed by atoms with Crippen molar-refractivity contribution in [2.24, 2.45) is 5.73 Å². The van der Waals surface area contributed by atoms with Crippen LogP contribution in [0.3, 0.4) is 0 Å². The van der Waals surface area contributed by atoms with Gasteiger partial charge in [-0.25, -0.2) is 0 Å². The van der Waals surface area contributed by atoms with E-state index in [1.807, 2.05) is 29.6 Å². The summed E-state index contributed by atoms with van der Waals surface area (Å²) in [4.78, 5) is 13.7. The Labute approximate surface area is 108 Å². The highest BCUT2D eigenvalue weighted by Crippen LogP contribution is 2.33. The molecule has 0 saturated carbocycles. The Balaban J connectivity index is 2.32. The lowest BCUT2D eigenvalue weighted by Crippen LogP contribution is -2.33. The summed E-state index contributed by atoms with van der Waals surface area (Å²) in [5.74, 6) is 0.151. The number of rotatable bonds is 4. The molecule has 1 aliphatic rings. The van der Waals surface area contributed by atoms with Gasteiger partial charge in [0, 0.05) is 37.3 Å². The van der Waals surface area contributed by atoms with E-state index in [9.17, 15) is 4.79 Å². The first-order valence-electron chi connectivity index (χ1n) is 6.67. The Hall–Kier alpha value is -1.36. The molecule has 1 fully saturated rings. The number of hydrogen-bond donors (Lipinski definition) is 1. The van der Waals surface area contributed by atoms with Gasteiger partial charge in [-0.1, -0.05) is 6.92 Å². The molecule has 1 aliphatic heterocycles. The average Bonchev–Trinajstić information content (AvgIpc) is 2.79. The zero-order valence-electron chi connectivity index (χ0n) is 11.4. The van der Waals surface area contributed by atoms with E-state index in [-0.39, 0.29) is 18.0 Å². The van der Waals surface area contributed by atoms with Crippen molar-refractivity contribution in [2.45, 2.75) is 52.2 Å². The van der Waals surface area contributed by atoms with Gasteiger partial charge in [0.1, 0.15) is 0 Å². The van der Waals surface area contributed by atoms with Gasteiger partial charge in [-0.05, 0) is 20.3 Å². The number of hydrogen-bond acceptors (Lipinski definition) is 3. The van der Waals surface area contributed by atoms with Crippen LogP contribution in [-0.4, -0.2) is 33.2 Å². The van der Waals surface area contributed by atoms with Crippen molar-refractivity contribution in [3.63, 3.8) is 0 Å². The fourth-order valence-electron chi connectivity index (χ4n) is 2.76. The largest absolute Gasteiger partial charge is 0.334 e. The van der Waals surface area contributed by atoms with Gasteiger partial charge < -0.3 is 10.6 Å². The highest BCUT2D eigenvalue weighted by molar-refractivity contribution is 5.80. The minimum Gasteiger partial charge on any atom is -0.334 e. The van der Waals surface area contributed by atoms with Gasteiger partial charge in [-0.3, -0.25) is 9.48 Å². The Kier molecular flexibility index (Phi) is 3.71. The maximum absolute atomic E-state index is 11.9. The van der Waals surface area contributed by atoms with E-state index in [2.05, 4.69) is 12.0 Å². The summed E-state index contributed by atoms with van der Waals surface area (Å²) in [7, 11) is 0. The van der Waals surface area contributed by atoms with Crippen LogP contribution in [0.1, 0.15) is 44.0 Å². The van der Waals surface area contributed by atoms with E-state index in [0.29, 0.717) is 13.0 Å². The highest BCUT2D eigenvalue weighted by Gasteiger charge is 2.39. The lowest BCUT2D eigenvalue weighted by atomic mass is 10.0. The molecule has 1 aromatic heterocycles. The van der Waals surface area contributed by atoms with Crippen LogP contribution >= 0.6 is 0 Å². The fourth-order valence-corrected chi connectivity index (χ4v) is 2.76. The number of likely N-dealkylation sites (N-methyl/N-ethyl adjacent to an activating group) is 1. The van der Waals surface area contributed by atoms with E-state index in [4.69, 9.17) is 5.73 Å². The summed E-state index contributed by atoms with van der Waals surface area (Å²) in [5, 5.41) is 4.50. The zero-order chi connectivity index (χ0) is 13.3. The Morgan fingerprint density at radius 3 is 2.83 bits per heavy atom. The highest BCUT2D eigenvalue weighted by atomic mass is 16.2. The number of aromatic nitrogens is 2. The second-order valence-electron chi connectivity index (χ2n) is 4.93. The molecule has 2 rings (SSSR count). The smallest absolute Gasteiger partial charge is 0.224 e. The van der Waals surface area contributed by atoms with Crippen LogP contribution in [0, 0.1) is 6.92 Å². The van der Waals surface area contributed by atoms with Crippen LogP contribution in [0.25, 0.3) is 0 Å². The van der Waals surface area contributed by atoms with Crippen LogP contribution in [0.4, 0.5) is 0 Å². The number of nitrogens with two attached hydrogens (primary N) is 1. The first kappa shape index (κ1) is 13.1. The quantitative estimate of drug-likeness (QED) is 0.874. The van der Waals surface area contributed by atoms with Crippen molar-refractivity contribution in [3.8, 4) is 0 Å². The number of likely N-dealkylation sites (tertiary alicyclic amines) is 1. The average molecular weight is 250 g/mol. The van der Waals surface area contributed by atoms with Gasteiger partial charge in [0.15, 0.2) is 0 Å². The molecule has 18 heavy (non-hydrogen) atoms. The van der Waals surface area contributed by atoms with Crippen molar-refractivity contribution >= 4 is 5.91 Å². The summed E-state index contributed by atoms with van der Waals surface area (Å²) in [6.45, 7) is 7.72. The van der Waals surface area contributed by atoms with Crippen molar-refractivity contribution in [3.05, 3.63) is 17.5 Å². The topological polar surface area (TPSA) is 64.2 Å². The number of nitrogens with zero attached hydrogens (tertiary/aromatic N) is 3. The van der Waals surface area contributed by atoms with Crippen LogP contribution in [0.2, 0.25) is 0 Å². The molecule has 1 saturated heterocycles. The molecule has 0 aliphatic carbocycles. The molecular formula is C13H22N4O. The predicted molar refractivity (Wildman–Crippen MR) is 70.0 cm³/mol. The second-order valence-corrected chi connectivity index (χ2v) is 4.93. The molecule has 2 heterocycles. The molecule has 100 valence electrons. The minimum atomic E-state index is -0.115. The molecule has 0 aromatic carbocycles. The number of aryl methyl sites for hydroxylation is 2. The lowest BCUT2D eigenvalue weighted by molar-refractivity contribution is -0.128. The molecule has 5 nitrogen and oxygen atoms in total. The van der Waals surface area contributed by atoms with Gasteiger partial charge in [-0.15, -0.1) is 0 Å². The number of amides is 1. The predicted octanol–water partition coefficient (Wildman–Crippen LogP) is 1.22. The zero-order valence-corrected chi connectivity index (χ0v) is 11.4. The molecule has 2 N–H and O–H groups in total. The van der Waals surface area contributed by atoms with Gasteiger partial charge >= 0.3 is 0 Å². The molecule has 0 spiro atoms. The minimum absolute atomic E-state index is 0.00638. The van der Waals surface area contributed by atoms with Crippen LogP contribution in [-0.2, 0) is 11.3 Å². The maximum Gasteiger partial charge on any atom is 0.224 e. The second kappa shape index (κ2) is 5.10. The first-order chi connectivity index (χ1) is 8.58. The Bertz CT molecular complexity index is 440. The molecule has 0 radical (unpaired) electrons. The molecule has 1 amide bonds. The summed E-state index contributed by atoms with van der Waals surface area (Å²) < 4.78 is 1.95. The molecule has 1 aromatic rings. The Morgan fingerprint density at radius 2 is 2.22 bits per heavy atom. The van der Waals surface area contributed by atoms with Crippen molar-refractivity contribution in [1.29, 1.82) is 0 Å². The molecular weight excluding hydrogens is 228 g/mol. The molecule has 0 bridgehead atoms. The van der Waals surface area contributed by atoms with Crippen LogP contribution in [0.5, 0.6) is 0 Å². The van der Waals surface area contributed by atoms with Crippen LogP contribution in [0.15, 0.2) is 6.20 Å².